The van der Waals surface area contributed by atoms with E-state index in [1.807, 2.05) is 0 Å². The van der Waals surface area contributed by atoms with E-state index >= 15 is 0 Å². The summed E-state index contributed by atoms with van der Waals surface area (Å²) in [5.74, 6) is 6.33. The molecule has 0 radical (unpaired) electrons. The Morgan fingerprint density at radius 3 is 1.90 bits per heavy atom. The zero-order chi connectivity index (χ0) is 15.4. The first kappa shape index (κ1) is 15.7. The van der Waals surface area contributed by atoms with Crippen molar-refractivity contribution in [1.29, 1.82) is 0 Å². The van der Waals surface area contributed by atoms with Crippen LogP contribution in [0.4, 0.5) is 0 Å². The Labute approximate surface area is 128 Å². The smallest absolute Gasteiger partial charge is 0.0500 e. The maximum absolute atomic E-state index is 5.78. The number of rotatable bonds is 5. The van der Waals surface area contributed by atoms with Crippen molar-refractivity contribution in [1.82, 2.24) is 5.43 Å². The monoisotopic (exact) mass is 282 g/mol. The highest BCUT2D eigenvalue weighted by Crippen LogP contribution is 2.22. The predicted octanol–water partition coefficient (Wildman–Crippen LogP) is 4.17. The van der Waals surface area contributed by atoms with Gasteiger partial charge in [-0.15, -0.1) is 0 Å². The van der Waals surface area contributed by atoms with Crippen LogP contribution in [0.3, 0.4) is 0 Å². The van der Waals surface area contributed by atoms with Gasteiger partial charge in [-0.25, -0.2) is 0 Å². The normalized spacial score (nSPS) is 12.7. The zero-order valence-electron chi connectivity index (χ0n) is 13.5. The molecule has 0 aliphatic heterocycles. The average molecular weight is 282 g/mol. The highest BCUT2D eigenvalue weighted by Gasteiger charge is 2.11. The van der Waals surface area contributed by atoms with Gasteiger partial charge in [0.2, 0.25) is 0 Å². The molecule has 2 heteroatoms. The van der Waals surface area contributed by atoms with Gasteiger partial charge < -0.3 is 0 Å². The minimum absolute atomic E-state index is 0.146. The van der Waals surface area contributed by atoms with E-state index in [2.05, 4.69) is 75.6 Å². The van der Waals surface area contributed by atoms with Crippen LogP contribution < -0.4 is 11.3 Å². The topological polar surface area (TPSA) is 38.0 Å². The quantitative estimate of drug-likeness (QED) is 0.638. The molecule has 0 amide bonds. The van der Waals surface area contributed by atoms with E-state index in [0.717, 1.165) is 6.42 Å². The number of nitrogens with one attached hydrogen (secondary N) is 1. The molecule has 21 heavy (non-hydrogen) atoms. The molecule has 3 N–H and O–H groups in total. The van der Waals surface area contributed by atoms with E-state index in [-0.39, 0.29) is 6.04 Å². The van der Waals surface area contributed by atoms with Crippen LogP contribution in [0.1, 0.15) is 53.6 Å². The summed E-state index contributed by atoms with van der Waals surface area (Å²) in [5.41, 5.74) is 9.48. The minimum Gasteiger partial charge on any atom is -0.271 e. The summed E-state index contributed by atoms with van der Waals surface area (Å²) in [6, 6.07) is 15.6. The maximum Gasteiger partial charge on any atom is 0.0500 e. The second kappa shape index (κ2) is 6.88. The number of aryl methyl sites for hydroxylation is 2. The molecule has 112 valence electrons. The molecule has 0 saturated carbocycles. The van der Waals surface area contributed by atoms with Crippen LogP contribution >= 0.6 is 0 Å². The summed E-state index contributed by atoms with van der Waals surface area (Å²) in [6.07, 6.45) is 0.903. The Hall–Kier alpha value is -1.64. The highest BCUT2D eigenvalue weighted by molar-refractivity contribution is 5.32. The highest BCUT2D eigenvalue weighted by atomic mass is 15.2. The van der Waals surface area contributed by atoms with E-state index < -0.39 is 0 Å². The lowest BCUT2D eigenvalue weighted by Gasteiger charge is -2.18. The van der Waals surface area contributed by atoms with Crippen molar-refractivity contribution >= 4 is 0 Å². The average Bonchev–Trinajstić information content (AvgIpc) is 2.44. The molecule has 1 unspecified atom stereocenters. The van der Waals surface area contributed by atoms with Crippen LogP contribution in [-0.4, -0.2) is 0 Å². The van der Waals surface area contributed by atoms with E-state index in [4.69, 9.17) is 5.84 Å². The third-order valence-electron chi connectivity index (χ3n) is 3.93. The maximum atomic E-state index is 5.78. The number of hydrogen-bond acceptors (Lipinski definition) is 2. The standard InChI is InChI=1S/C19H26N2/c1-13(2)17-5-7-18(8-6-17)19(21-20)12-16-10-14(3)9-15(4)11-16/h5-11,13,19,21H,12,20H2,1-4H3. The summed E-state index contributed by atoms with van der Waals surface area (Å²) in [6.45, 7) is 8.70. The van der Waals surface area contributed by atoms with Gasteiger partial charge in [0, 0.05) is 6.04 Å². The molecule has 2 rings (SSSR count). The first-order valence-corrected chi connectivity index (χ1v) is 7.62. The van der Waals surface area contributed by atoms with Crippen molar-refractivity contribution in [2.24, 2.45) is 5.84 Å². The Balaban J connectivity index is 2.19. The molecule has 0 heterocycles. The summed E-state index contributed by atoms with van der Waals surface area (Å²) in [4.78, 5) is 0. The van der Waals surface area contributed by atoms with Gasteiger partial charge in [-0.3, -0.25) is 11.3 Å². The van der Waals surface area contributed by atoms with Crippen LogP contribution in [0.15, 0.2) is 42.5 Å². The van der Waals surface area contributed by atoms with Gasteiger partial charge in [0.15, 0.2) is 0 Å². The van der Waals surface area contributed by atoms with Crippen LogP contribution in [0, 0.1) is 13.8 Å². The molecule has 0 saturated heterocycles. The van der Waals surface area contributed by atoms with Crippen molar-refractivity contribution in [2.75, 3.05) is 0 Å². The van der Waals surface area contributed by atoms with Crippen molar-refractivity contribution in [3.8, 4) is 0 Å². The van der Waals surface area contributed by atoms with E-state index in [9.17, 15) is 0 Å². The molecular formula is C19H26N2. The first-order valence-electron chi connectivity index (χ1n) is 7.62. The van der Waals surface area contributed by atoms with Crippen molar-refractivity contribution < 1.29 is 0 Å². The third kappa shape index (κ3) is 4.16. The van der Waals surface area contributed by atoms with Crippen molar-refractivity contribution in [3.05, 3.63) is 70.3 Å². The van der Waals surface area contributed by atoms with E-state index in [1.54, 1.807) is 0 Å². The predicted molar refractivity (Wildman–Crippen MR) is 90.2 cm³/mol. The van der Waals surface area contributed by atoms with Gasteiger partial charge in [0.25, 0.3) is 0 Å². The Morgan fingerprint density at radius 1 is 0.905 bits per heavy atom. The van der Waals surface area contributed by atoms with Crippen LogP contribution in [0.25, 0.3) is 0 Å². The van der Waals surface area contributed by atoms with E-state index in [1.165, 1.54) is 27.8 Å². The largest absolute Gasteiger partial charge is 0.271 e. The van der Waals surface area contributed by atoms with Gasteiger partial charge in [-0.2, -0.15) is 0 Å². The Morgan fingerprint density at radius 2 is 1.43 bits per heavy atom. The zero-order valence-corrected chi connectivity index (χ0v) is 13.5. The third-order valence-corrected chi connectivity index (χ3v) is 3.93. The van der Waals surface area contributed by atoms with Gasteiger partial charge in [-0.05, 0) is 42.9 Å². The number of nitrogens with two attached hydrogens (primary N) is 1. The molecule has 1 atom stereocenters. The minimum atomic E-state index is 0.146. The molecule has 0 spiro atoms. The molecule has 0 fully saturated rings. The molecule has 2 nitrogen and oxygen atoms in total. The fourth-order valence-corrected chi connectivity index (χ4v) is 2.81. The van der Waals surface area contributed by atoms with Gasteiger partial charge in [-0.1, -0.05) is 67.4 Å². The van der Waals surface area contributed by atoms with Crippen LogP contribution in [0.2, 0.25) is 0 Å². The number of benzene rings is 2. The number of hydrogen-bond donors (Lipinski definition) is 2. The summed E-state index contributed by atoms with van der Waals surface area (Å²) in [7, 11) is 0. The van der Waals surface area contributed by atoms with Crippen molar-refractivity contribution in [3.63, 3.8) is 0 Å². The summed E-state index contributed by atoms with van der Waals surface area (Å²) >= 11 is 0. The Bertz CT molecular complexity index is 565. The van der Waals surface area contributed by atoms with Crippen LogP contribution in [0.5, 0.6) is 0 Å². The van der Waals surface area contributed by atoms with Gasteiger partial charge in [0.1, 0.15) is 0 Å². The summed E-state index contributed by atoms with van der Waals surface area (Å²) in [5, 5.41) is 0. The Kier molecular flexibility index (Phi) is 5.16. The SMILES string of the molecule is Cc1cc(C)cc(CC(NN)c2ccc(C(C)C)cc2)c1. The molecule has 2 aromatic rings. The lowest BCUT2D eigenvalue weighted by atomic mass is 9.94. The molecule has 0 aromatic heterocycles. The molecule has 2 aromatic carbocycles. The van der Waals surface area contributed by atoms with E-state index in [0.29, 0.717) is 5.92 Å². The lowest BCUT2D eigenvalue weighted by molar-refractivity contribution is 0.551. The molecule has 0 aliphatic rings. The van der Waals surface area contributed by atoms with Crippen molar-refractivity contribution in [2.45, 2.75) is 46.1 Å². The van der Waals surface area contributed by atoms with Gasteiger partial charge >= 0.3 is 0 Å². The summed E-state index contributed by atoms with van der Waals surface area (Å²) < 4.78 is 0. The first-order chi connectivity index (χ1) is 9.99. The fraction of sp³-hybridized carbons (Fsp3) is 0.368. The van der Waals surface area contributed by atoms with Gasteiger partial charge in [0.05, 0.1) is 0 Å². The molecule has 0 bridgehead atoms. The number of hydrazine groups is 1. The lowest BCUT2D eigenvalue weighted by Crippen LogP contribution is -2.29. The fourth-order valence-electron chi connectivity index (χ4n) is 2.81. The second-order valence-corrected chi connectivity index (χ2v) is 6.24. The van der Waals surface area contributed by atoms with Crippen LogP contribution in [-0.2, 0) is 6.42 Å². The molecular weight excluding hydrogens is 256 g/mol. The molecule has 0 aliphatic carbocycles. The second-order valence-electron chi connectivity index (χ2n) is 6.24.